The highest BCUT2D eigenvalue weighted by Gasteiger charge is 2.29. The number of aryl methyl sites for hydroxylation is 1. The lowest BCUT2D eigenvalue weighted by atomic mass is 9.97. The fraction of sp³-hybridized carbons (Fsp3) is 0.316. The van der Waals surface area contributed by atoms with Gasteiger partial charge >= 0.3 is 5.69 Å². The molecule has 3 aromatic rings. The molecule has 1 saturated heterocycles. The first kappa shape index (κ1) is 17.7. The Labute approximate surface area is 161 Å². The van der Waals surface area contributed by atoms with Crippen molar-refractivity contribution in [3.63, 3.8) is 0 Å². The molecule has 1 aromatic carbocycles. The van der Waals surface area contributed by atoms with Crippen LogP contribution in [0.3, 0.4) is 0 Å². The highest BCUT2D eigenvalue weighted by molar-refractivity contribution is 5.50. The minimum atomic E-state index is -0.169. The number of rotatable bonds is 3. The number of nitrogens with zero attached hydrogens (tertiary/aromatic N) is 7. The molecule has 9 heteroatoms. The fourth-order valence-electron chi connectivity index (χ4n) is 3.56. The van der Waals surface area contributed by atoms with E-state index in [1.54, 1.807) is 11.6 Å². The summed E-state index contributed by atoms with van der Waals surface area (Å²) in [5.74, 6) is 1.44. The quantitative estimate of drug-likeness (QED) is 0.729. The Morgan fingerprint density at radius 1 is 1.29 bits per heavy atom. The van der Waals surface area contributed by atoms with Crippen LogP contribution in [0.15, 0.2) is 41.3 Å². The van der Waals surface area contributed by atoms with E-state index >= 15 is 0 Å². The highest BCUT2D eigenvalue weighted by atomic mass is 16.2. The Morgan fingerprint density at radius 3 is 2.79 bits per heavy atom. The predicted octanol–water partition coefficient (Wildman–Crippen LogP) is 1.20. The van der Waals surface area contributed by atoms with Crippen molar-refractivity contribution in [2.45, 2.75) is 18.8 Å². The zero-order valence-electron chi connectivity index (χ0n) is 15.5. The number of piperidine rings is 1. The number of aromatic nitrogens is 5. The van der Waals surface area contributed by atoms with Crippen LogP contribution >= 0.6 is 0 Å². The molecule has 0 bridgehead atoms. The number of anilines is 2. The van der Waals surface area contributed by atoms with Crippen LogP contribution in [0.5, 0.6) is 0 Å². The summed E-state index contributed by atoms with van der Waals surface area (Å²) in [5, 5.41) is 13.5. The third kappa shape index (κ3) is 3.09. The maximum atomic E-state index is 12.7. The van der Waals surface area contributed by atoms with Crippen LogP contribution in [0.2, 0.25) is 0 Å². The van der Waals surface area contributed by atoms with Crippen LogP contribution in [0.4, 0.5) is 11.8 Å². The zero-order valence-corrected chi connectivity index (χ0v) is 15.5. The predicted molar refractivity (Wildman–Crippen MR) is 104 cm³/mol. The maximum absolute atomic E-state index is 12.7. The third-order valence-corrected chi connectivity index (χ3v) is 4.96. The van der Waals surface area contributed by atoms with E-state index in [1.807, 2.05) is 41.3 Å². The summed E-state index contributed by atoms with van der Waals surface area (Å²) in [6.45, 7) is 1.40. The summed E-state index contributed by atoms with van der Waals surface area (Å²) < 4.78 is 3.04. The van der Waals surface area contributed by atoms with E-state index < -0.39 is 0 Å². The molecule has 28 heavy (non-hydrogen) atoms. The molecule has 2 aromatic heterocycles. The smallest absolute Gasteiger partial charge is 0.350 e. The first-order valence-electron chi connectivity index (χ1n) is 9.07. The Hall–Kier alpha value is -3.67. The second-order valence-corrected chi connectivity index (χ2v) is 6.80. The lowest BCUT2D eigenvalue weighted by Gasteiger charge is -2.32. The molecular formula is C19H20N8O. The lowest BCUT2D eigenvalue weighted by Crippen LogP contribution is -2.37. The molecule has 1 atom stereocenters. The van der Waals surface area contributed by atoms with Crippen LogP contribution in [0, 0.1) is 11.3 Å². The molecule has 1 fully saturated rings. The summed E-state index contributed by atoms with van der Waals surface area (Å²) >= 11 is 0. The second-order valence-electron chi connectivity index (χ2n) is 6.80. The van der Waals surface area contributed by atoms with Crippen molar-refractivity contribution in [1.29, 1.82) is 5.26 Å². The average molecular weight is 376 g/mol. The van der Waals surface area contributed by atoms with Crippen molar-refractivity contribution in [3.05, 3.63) is 58.4 Å². The summed E-state index contributed by atoms with van der Waals surface area (Å²) in [4.78, 5) is 23.3. The number of nitrogen functional groups attached to an aromatic ring is 1. The monoisotopic (exact) mass is 376 g/mol. The van der Waals surface area contributed by atoms with Gasteiger partial charge in [0.1, 0.15) is 23.3 Å². The molecule has 1 unspecified atom stereocenters. The van der Waals surface area contributed by atoms with E-state index in [0.717, 1.165) is 30.9 Å². The van der Waals surface area contributed by atoms with Crippen LogP contribution in [0.25, 0.3) is 5.69 Å². The molecule has 0 aliphatic carbocycles. The molecule has 3 heterocycles. The van der Waals surface area contributed by atoms with Crippen LogP contribution in [-0.2, 0) is 7.05 Å². The first-order chi connectivity index (χ1) is 13.6. The van der Waals surface area contributed by atoms with E-state index in [-0.39, 0.29) is 23.0 Å². The summed E-state index contributed by atoms with van der Waals surface area (Å²) in [5.41, 5.74) is 6.74. The molecule has 0 radical (unpaired) electrons. The number of hydrogen-bond donors (Lipinski definition) is 1. The zero-order chi connectivity index (χ0) is 19.7. The normalized spacial score (nSPS) is 16.7. The van der Waals surface area contributed by atoms with Gasteiger partial charge in [-0.15, -0.1) is 0 Å². The van der Waals surface area contributed by atoms with Gasteiger partial charge in [0, 0.05) is 26.1 Å². The van der Waals surface area contributed by atoms with Crippen molar-refractivity contribution in [3.8, 4) is 11.8 Å². The number of para-hydroxylation sites is 1. The number of nitriles is 1. The largest absolute Gasteiger partial charge is 0.382 e. The molecule has 9 nitrogen and oxygen atoms in total. The molecule has 0 spiro atoms. The molecule has 1 aliphatic rings. The minimum Gasteiger partial charge on any atom is -0.382 e. The van der Waals surface area contributed by atoms with Crippen molar-refractivity contribution in [2.24, 2.45) is 7.05 Å². The van der Waals surface area contributed by atoms with Gasteiger partial charge < -0.3 is 10.6 Å². The van der Waals surface area contributed by atoms with Gasteiger partial charge in [-0.25, -0.2) is 19.0 Å². The summed E-state index contributed by atoms with van der Waals surface area (Å²) in [6, 6.07) is 11.5. The maximum Gasteiger partial charge on any atom is 0.350 e. The molecule has 0 amide bonds. The van der Waals surface area contributed by atoms with Crippen molar-refractivity contribution in [1.82, 2.24) is 24.3 Å². The van der Waals surface area contributed by atoms with Crippen LogP contribution in [-0.4, -0.2) is 37.4 Å². The van der Waals surface area contributed by atoms with E-state index in [2.05, 4.69) is 15.1 Å². The van der Waals surface area contributed by atoms with E-state index in [4.69, 9.17) is 11.0 Å². The lowest BCUT2D eigenvalue weighted by molar-refractivity contribution is 0.478. The number of benzene rings is 1. The van der Waals surface area contributed by atoms with Gasteiger partial charge in [0.15, 0.2) is 0 Å². The van der Waals surface area contributed by atoms with Gasteiger partial charge in [0.05, 0.1) is 11.9 Å². The molecule has 142 valence electrons. The van der Waals surface area contributed by atoms with Gasteiger partial charge in [-0.3, -0.25) is 0 Å². The molecular weight excluding hydrogens is 356 g/mol. The number of hydrogen-bond acceptors (Lipinski definition) is 7. The van der Waals surface area contributed by atoms with Gasteiger partial charge in [-0.2, -0.15) is 15.3 Å². The van der Waals surface area contributed by atoms with Crippen molar-refractivity contribution >= 4 is 11.8 Å². The Bertz CT molecular complexity index is 1100. The first-order valence-corrected chi connectivity index (χ1v) is 9.07. The topological polar surface area (TPSA) is 119 Å². The molecule has 1 aliphatic heterocycles. The van der Waals surface area contributed by atoms with E-state index in [1.165, 1.54) is 10.9 Å². The van der Waals surface area contributed by atoms with E-state index in [9.17, 15) is 4.79 Å². The average Bonchev–Trinajstić information content (AvgIpc) is 3.03. The van der Waals surface area contributed by atoms with Gasteiger partial charge in [0.2, 0.25) is 5.95 Å². The van der Waals surface area contributed by atoms with Gasteiger partial charge in [-0.1, -0.05) is 18.2 Å². The third-order valence-electron chi connectivity index (χ3n) is 4.96. The van der Waals surface area contributed by atoms with Crippen LogP contribution < -0.4 is 16.3 Å². The Morgan fingerprint density at radius 2 is 2.07 bits per heavy atom. The van der Waals surface area contributed by atoms with Crippen LogP contribution in [0.1, 0.15) is 30.1 Å². The van der Waals surface area contributed by atoms with Crippen molar-refractivity contribution < 1.29 is 0 Å². The molecule has 0 saturated carbocycles. The SMILES string of the molecule is Cn1nc(C2CCCN(c3ncc(C#N)c(N)n3)C2)n(-c2ccccc2)c1=O. The summed E-state index contributed by atoms with van der Waals surface area (Å²) in [6.07, 6.45) is 3.26. The fourth-order valence-corrected chi connectivity index (χ4v) is 3.56. The van der Waals surface area contributed by atoms with Crippen molar-refractivity contribution in [2.75, 3.05) is 23.7 Å². The van der Waals surface area contributed by atoms with Gasteiger partial charge in [-0.05, 0) is 25.0 Å². The Kier molecular flexibility index (Phi) is 4.53. The Balaban J connectivity index is 1.68. The minimum absolute atomic E-state index is 0.0447. The molecule has 2 N–H and O–H groups in total. The second kappa shape index (κ2) is 7.15. The standard InChI is InChI=1S/C19H20N8O/c1-25-19(28)27(15-7-3-2-4-8-15)17(24-25)13-6-5-9-26(12-13)18-22-11-14(10-20)16(21)23-18/h2-4,7-8,11,13H,5-6,9,12H2,1H3,(H2,21,22,23). The number of nitrogens with two attached hydrogens (primary N) is 1. The van der Waals surface area contributed by atoms with Gasteiger partial charge in [0.25, 0.3) is 0 Å². The highest BCUT2D eigenvalue weighted by Crippen LogP contribution is 2.28. The molecule has 4 rings (SSSR count). The van der Waals surface area contributed by atoms with E-state index in [0.29, 0.717) is 12.5 Å². The summed E-state index contributed by atoms with van der Waals surface area (Å²) in [7, 11) is 1.66.